The van der Waals surface area contributed by atoms with E-state index >= 15 is 0 Å². The summed E-state index contributed by atoms with van der Waals surface area (Å²) in [4.78, 5) is 5.52. The monoisotopic (exact) mass is 540 g/mol. The zero-order valence-corrected chi connectivity index (χ0v) is 23.0. The quantitative estimate of drug-likeness (QED) is 0.204. The maximum absolute atomic E-state index is 2.43. The van der Waals surface area contributed by atoms with Gasteiger partial charge < -0.3 is 0 Å². The molecule has 8 aromatic rings. The first-order valence-corrected chi connectivity index (χ1v) is 15.3. The molecule has 0 amide bonds. The summed E-state index contributed by atoms with van der Waals surface area (Å²) in [6.45, 7) is 0. The van der Waals surface area contributed by atoms with Crippen molar-refractivity contribution in [1.29, 1.82) is 0 Å². The topological polar surface area (TPSA) is 0 Å². The van der Waals surface area contributed by atoms with Crippen LogP contribution in [0.2, 0.25) is 0 Å². The lowest BCUT2D eigenvalue weighted by Gasteiger charge is -2.08. The van der Waals surface area contributed by atoms with Gasteiger partial charge in [-0.3, -0.25) is 0 Å². The van der Waals surface area contributed by atoms with E-state index in [4.69, 9.17) is 0 Å². The van der Waals surface area contributed by atoms with Crippen molar-refractivity contribution in [3.8, 4) is 64.0 Å². The normalized spacial score (nSPS) is 12.5. The first-order chi connectivity index (χ1) is 19.8. The predicted molar refractivity (Wildman–Crippen MR) is 174 cm³/mol. The van der Waals surface area contributed by atoms with Crippen molar-refractivity contribution in [3.63, 3.8) is 0 Å². The lowest BCUT2D eigenvalue weighted by atomic mass is 9.97. The Morgan fingerprint density at radius 2 is 0.750 bits per heavy atom. The molecule has 2 aliphatic carbocycles. The maximum Gasteiger partial charge on any atom is 0.0434 e. The molecule has 0 aliphatic heterocycles. The van der Waals surface area contributed by atoms with E-state index in [1.807, 2.05) is 22.7 Å². The number of thiophene rings is 2. The van der Waals surface area contributed by atoms with Gasteiger partial charge in [0.1, 0.15) is 0 Å². The fourth-order valence-electron chi connectivity index (χ4n) is 7.05. The molecule has 10 rings (SSSR count). The molecule has 0 atom stereocenters. The highest BCUT2D eigenvalue weighted by Crippen LogP contribution is 2.60. The van der Waals surface area contributed by atoms with E-state index in [2.05, 4.69) is 121 Å². The van der Waals surface area contributed by atoms with E-state index in [-0.39, 0.29) is 0 Å². The van der Waals surface area contributed by atoms with Gasteiger partial charge in [-0.05, 0) is 66.7 Å². The summed E-state index contributed by atoms with van der Waals surface area (Å²) in [5, 5.41) is 8.12. The van der Waals surface area contributed by atoms with Crippen LogP contribution in [0.3, 0.4) is 0 Å². The Bertz CT molecular complexity index is 2120. The molecule has 2 heterocycles. The number of fused-ring (bicyclic) bond motifs is 8. The van der Waals surface area contributed by atoms with Gasteiger partial charge >= 0.3 is 0 Å². The fraction of sp³-hybridized carbons (Fsp3) is 0. The van der Waals surface area contributed by atoms with Crippen LogP contribution in [0.1, 0.15) is 0 Å². The van der Waals surface area contributed by atoms with E-state index in [0.29, 0.717) is 0 Å². The lowest BCUT2D eigenvalue weighted by molar-refractivity contribution is 1.73. The third-order valence-electron chi connectivity index (χ3n) is 8.80. The highest BCUT2D eigenvalue weighted by atomic mass is 32.1. The van der Waals surface area contributed by atoms with E-state index in [9.17, 15) is 0 Å². The molecule has 2 aliphatic rings. The van der Waals surface area contributed by atoms with Crippen molar-refractivity contribution in [2.75, 3.05) is 0 Å². The molecular weight excluding hydrogens is 521 g/mol. The Morgan fingerprint density at radius 3 is 1.25 bits per heavy atom. The highest BCUT2D eigenvalue weighted by molar-refractivity contribution is 7.20. The first kappa shape index (κ1) is 21.3. The second-order valence-electron chi connectivity index (χ2n) is 10.8. The molecule has 0 N–H and O–H groups in total. The molecule has 184 valence electrons. The van der Waals surface area contributed by atoms with Crippen LogP contribution in [0.5, 0.6) is 0 Å². The van der Waals surface area contributed by atoms with Crippen molar-refractivity contribution in [1.82, 2.24) is 0 Å². The van der Waals surface area contributed by atoms with Crippen LogP contribution in [0.4, 0.5) is 0 Å². The van der Waals surface area contributed by atoms with Gasteiger partial charge in [-0.1, -0.05) is 109 Å². The smallest absolute Gasteiger partial charge is 0.0434 e. The summed E-state index contributed by atoms with van der Waals surface area (Å²) < 4.78 is 0. The van der Waals surface area contributed by atoms with Gasteiger partial charge in [0.2, 0.25) is 0 Å². The summed E-state index contributed by atoms with van der Waals surface area (Å²) in [5.74, 6) is 0. The lowest BCUT2D eigenvalue weighted by Crippen LogP contribution is -1.81. The summed E-state index contributed by atoms with van der Waals surface area (Å²) in [7, 11) is 0. The number of hydrogen-bond donors (Lipinski definition) is 0. The van der Waals surface area contributed by atoms with Crippen LogP contribution >= 0.6 is 22.7 Å². The Morgan fingerprint density at radius 1 is 0.325 bits per heavy atom. The largest absolute Gasteiger partial charge is 0.135 e. The minimum atomic E-state index is 1.30. The first-order valence-electron chi connectivity index (χ1n) is 13.7. The average Bonchev–Trinajstić information content (AvgIpc) is 3.76. The van der Waals surface area contributed by atoms with Crippen LogP contribution < -0.4 is 0 Å². The van der Waals surface area contributed by atoms with Gasteiger partial charge in [-0.15, -0.1) is 22.7 Å². The van der Waals surface area contributed by atoms with Crippen LogP contribution in [0.25, 0.3) is 96.3 Å². The minimum Gasteiger partial charge on any atom is -0.135 e. The molecule has 2 heteroatoms. The number of hydrogen-bond acceptors (Lipinski definition) is 2. The highest BCUT2D eigenvalue weighted by Gasteiger charge is 2.32. The van der Waals surface area contributed by atoms with Crippen LogP contribution in [0, 0.1) is 0 Å². The summed E-state index contributed by atoms with van der Waals surface area (Å²) in [5.41, 5.74) is 11.0. The number of benzene rings is 6. The molecule has 2 aromatic heterocycles. The Balaban J connectivity index is 1.14. The van der Waals surface area contributed by atoms with Crippen molar-refractivity contribution in [3.05, 3.63) is 121 Å². The van der Waals surface area contributed by atoms with Gasteiger partial charge in [-0.25, -0.2) is 0 Å². The van der Waals surface area contributed by atoms with E-state index in [1.54, 1.807) is 0 Å². The summed E-state index contributed by atoms with van der Waals surface area (Å²) >= 11 is 3.88. The van der Waals surface area contributed by atoms with Gasteiger partial charge in [0.15, 0.2) is 0 Å². The Labute approximate surface area is 239 Å². The summed E-state index contributed by atoms with van der Waals surface area (Å²) in [6, 6.07) is 45.1. The zero-order valence-electron chi connectivity index (χ0n) is 21.4. The van der Waals surface area contributed by atoms with Crippen LogP contribution in [-0.4, -0.2) is 0 Å². The summed E-state index contributed by atoms with van der Waals surface area (Å²) in [6.07, 6.45) is 0. The SMILES string of the molecule is c1ccc2c(-c3cc4c(s3)-c3ccc5c6c(ccc-4c36)-c3sc(-c4cccc6ccccc46)cc3-5)cccc2c1. The van der Waals surface area contributed by atoms with Gasteiger partial charge in [0, 0.05) is 41.8 Å². The average molecular weight is 541 g/mol. The molecule has 0 unspecified atom stereocenters. The standard InChI is InChI=1S/C38H20S2/c1-3-11-23-21(7-1)9-5-13-25(23)33-19-31-27-15-18-30-36-28(16-17-29(35(27)36)37(31)39-33)32-20-34(40-38(30)32)26-14-6-10-22-8-2-4-12-24(22)26/h1-20H. The molecule has 0 spiro atoms. The molecule has 40 heavy (non-hydrogen) atoms. The van der Waals surface area contributed by atoms with E-state index in [0.717, 1.165) is 0 Å². The van der Waals surface area contributed by atoms with Crippen molar-refractivity contribution in [2.24, 2.45) is 0 Å². The zero-order chi connectivity index (χ0) is 25.9. The molecule has 0 radical (unpaired) electrons. The second kappa shape index (κ2) is 7.57. The predicted octanol–water partition coefficient (Wildman–Crippen LogP) is 11.9. The Hall–Kier alpha value is -4.50. The van der Waals surface area contributed by atoms with E-state index < -0.39 is 0 Å². The van der Waals surface area contributed by atoms with Crippen molar-refractivity contribution in [2.45, 2.75) is 0 Å². The third-order valence-corrected chi connectivity index (χ3v) is 11.2. The molecule has 6 aromatic carbocycles. The molecule has 0 saturated carbocycles. The Kier molecular flexibility index (Phi) is 4.04. The molecular formula is C38H20S2. The second-order valence-corrected chi connectivity index (χ2v) is 12.9. The third kappa shape index (κ3) is 2.65. The fourth-order valence-corrected chi connectivity index (χ4v) is 9.54. The molecule has 0 fully saturated rings. The van der Waals surface area contributed by atoms with Crippen molar-refractivity contribution < 1.29 is 0 Å². The van der Waals surface area contributed by atoms with Gasteiger partial charge in [-0.2, -0.15) is 0 Å². The molecule has 0 bridgehead atoms. The number of rotatable bonds is 2. The van der Waals surface area contributed by atoms with Crippen LogP contribution in [0.15, 0.2) is 121 Å². The van der Waals surface area contributed by atoms with Gasteiger partial charge in [0.05, 0.1) is 0 Å². The van der Waals surface area contributed by atoms with Gasteiger partial charge in [0.25, 0.3) is 0 Å². The van der Waals surface area contributed by atoms with E-state index in [1.165, 1.54) is 96.3 Å². The maximum atomic E-state index is 2.43. The minimum absolute atomic E-state index is 1.30. The molecule has 0 nitrogen and oxygen atoms in total. The molecule has 0 saturated heterocycles. The van der Waals surface area contributed by atoms with Crippen LogP contribution in [-0.2, 0) is 0 Å². The van der Waals surface area contributed by atoms with Crippen molar-refractivity contribution >= 4 is 55.0 Å².